The van der Waals surface area contributed by atoms with Crippen LogP contribution in [0.25, 0.3) is 0 Å². The zero-order valence-corrected chi connectivity index (χ0v) is 17.2. The first-order chi connectivity index (χ1) is 12.6. The topological polar surface area (TPSA) is 44.6 Å². The SMILES string of the molecule is Cn1nc(CCSC(=S)N(N2CCCCC2)N2CCCCC2)ccc1=O. The number of hydrogen-bond donors (Lipinski definition) is 0. The van der Waals surface area contributed by atoms with Gasteiger partial charge in [0.15, 0.2) is 4.32 Å². The summed E-state index contributed by atoms with van der Waals surface area (Å²) in [4.78, 5) is 11.4. The van der Waals surface area contributed by atoms with E-state index in [-0.39, 0.29) is 5.56 Å². The van der Waals surface area contributed by atoms with Crippen molar-refractivity contribution in [3.05, 3.63) is 28.2 Å². The molecule has 0 aliphatic carbocycles. The lowest BCUT2D eigenvalue weighted by Gasteiger charge is -2.46. The van der Waals surface area contributed by atoms with E-state index in [4.69, 9.17) is 12.2 Å². The predicted molar refractivity (Wildman–Crippen MR) is 111 cm³/mol. The van der Waals surface area contributed by atoms with Crippen molar-refractivity contribution < 1.29 is 0 Å². The van der Waals surface area contributed by atoms with Crippen molar-refractivity contribution in [2.75, 3.05) is 31.9 Å². The van der Waals surface area contributed by atoms with Crippen molar-refractivity contribution >= 4 is 28.3 Å². The maximum absolute atomic E-state index is 11.4. The van der Waals surface area contributed by atoms with Crippen LogP contribution in [0, 0.1) is 0 Å². The van der Waals surface area contributed by atoms with E-state index in [9.17, 15) is 4.79 Å². The smallest absolute Gasteiger partial charge is 0.266 e. The third-order valence-corrected chi connectivity index (χ3v) is 6.30. The van der Waals surface area contributed by atoms with E-state index in [1.54, 1.807) is 24.9 Å². The summed E-state index contributed by atoms with van der Waals surface area (Å²) in [6.45, 7) is 4.39. The van der Waals surface area contributed by atoms with Gasteiger partial charge in [0.1, 0.15) is 0 Å². The van der Waals surface area contributed by atoms with Crippen molar-refractivity contribution in [2.24, 2.45) is 7.05 Å². The number of rotatable bonds is 5. The molecule has 8 heteroatoms. The fraction of sp³-hybridized carbons (Fsp3) is 0.722. The van der Waals surface area contributed by atoms with Crippen LogP contribution >= 0.6 is 24.0 Å². The van der Waals surface area contributed by atoms with Gasteiger partial charge < -0.3 is 0 Å². The maximum atomic E-state index is 11.4. The van der Waals surface area contributed by atoms with Crippen molar-refractivity contribution in [1.29, 1.82) is 0 Å². The highest BCUT2D eigenvalue weighted by Gasteiger charge is 2.27. The van der Waals surface area contributed by atoms with Crippen LogP contribution in [0.15, 0.2) is 16.9 Å². The van der Waals surface area contributed by atoms with Gasteiger partial charge in [0.2, 0.25) is 0 Å². The van der Waals surface area contributed by atoms with Crippen molar-refractivity contribution in [2.45, 2.75) is 44.9 Å². The second-order valence-corrected chi connectivity index (χ2v) is 8.70. The van der Waals surface area contributed by atoms with Crippen LogP contribution in [0.2, 0.25) is 0 Å². The Morgan fingerprint density at radius 1 is 1.08 bits per heavy atom. The zero-order chi connectivity index (χ0) is 18.4. The molecule has 0 radical (unpaired) electrons. The summed E-state index contributed by atoms with van der Waals surface area (Å²) in [6, 6.07) is 3.40. The maximum Gasteiger partial charge on any atom is 0.266 e. The monoisotopic (exact) mass is 395 g/mol. The Hall–Kier alpha value is -0.960. The second-order valence-electron chi connectivity index (χ2n) is 6.97. The normalized spacial score (nSPS) is 19.4. The molecule has 0 unspecified atom stereocenters. The molecule has 6 nitrogen and oxygen atoms in total. The average Bonchev–Trinajstić information content (AvgIpc) is 2.67. The van der Waals surface area contributed by atoms with Gasteiger partial charge in [0, 0.05) is 51.5 Å². The van der Waals surface area contributed by atoms with E-state index in [0.717, 1.165) is 48.4 Å². The Morgan fingerprint density at radius 2 is 1.65 bits per heavy atom. The fourth-order valence-corrected chi connectivity index (χ4v) is 4.84. The van der Waals surface area contributed by atoms with Crippen LogP contribution in [-0.2, 0) is 13.5 Å². The summed E-state index contributed by atoms with van der Waals surface area (Å²) >= 11 is 7.55. The van der Waals surface area contributed by atoms with Gasteiger partial charge in [-0.25, -0.2) is 19.8 Å². The number of piperidine rings is 2. The number of hydrazine groups is 2. The molecule has 26 heavy (non-hydrogen) atoms. The number of aromatic nitrogens is 2. The highest BCUT2D eigenvalue weighted by atomic mass is 32.2. The lowest BCUT2D eigenvalue weighted by molar-refractivity contribution is -0.136. The zero-order valence-electron chi connectivity index (χ0n) is 15.6. The summed E-state index contributed by atoms with van der Waals surface area (Å²) in [5.41, 5.74) is 0.864. The van der Waals surface area contributed by atoms with E-state index < -0.39 is 0 Å². The molecule has 144 valence electrons. The van der Waals surface area contributed by atoms with Crippen LogP contribution in [0.3, 0.4) is 0 Å². The largest absolute Gasteiger partial charge is 0.268 e. The van der Waals surface area contributed by atoms with E-state index in [1.807, 2.05) is 6.07 Å². The van der Waals surface area contributed by atoms with Crippen LogP contribution in [0.5, 0.6) is 0 Å². The molecule has 1 aromatic rings. The van der Waals surface area contributed by atoms with Gasteiger partial charge in [-0.2, -0.15) is 5.10 Å². The van der Waals surface area contributed by atoms with Gasteiger partial charge in [-0.05, 0) is 44.0 Å². The Morgan fingerprint density at radius 3 is 2.19 bits per heavy atom. The van der Waals surface area contributed by atoms with Crippen LogP contribution < -0.4 is 5.56 Å². The van der Waals surface area contributed by atoms with Crippen molar-refractivity contribution in [3.63, 3.8) is 0 Å². The fourth-order valence-electron chi connectivity index (χ4n) is 3.53. The standard InChI is InChI=1S/C18H29N5OS2/c1-20-17(24)9-8-16(19-20)10-15-26-18(25)23(21-11-4-2-5-12-21)22-13-6-3-7-14-22/h8-9H,2-7,10-15H2,1H3. The second kappa shape index (κ2) is 9.82. The minimum absolute atomic E-state index is 0.0710. The van der Waals surface area contributed by atoms with E-state index in [2.05, 4.69) is 20.2 Å². The van der Waals surface area contributed by atoms with Gasteiger partial charge in [0.05, 0.1) is 5.69 Å². The van der Waals surface area contributed by atoms with E-state index in [1.165, 1.54) is 43.2 Å². The average molecular weight is 396 g/mol. The lowest BCUT2D eigenvalue weighted by atomic mass is 10.1. The summed E-state index contributed by atoms with van der Waals surface area (Å²) < 4.78 is 2.34. The molecule has 2 saturated heterocycles. The molecular formula is C18H29N5OS2. The van der Waals surface area contributed by atoms with Crippen molar-refractivity contribution in [3.8, 4) is 0 Å². The van der Waals surface area contributed by atoms with Gasteiger partial charge >= 0.3 is 0 Å². The third-order valence-electron chi connectivity index (χ3n) is 4.96. The van der Waals surface area contributed by atoms with E-state index in [0.29, 0.717) is 0 Å². The number of thiocarbonyl (C=S) groups is 1. The Balaban J connectivity index is 1.58. The van der Waals surface area contributed by atoms with Crippen LogP contribution in [0.4, 0.5) is 0 Å². The number of hydrogen-bond acceptors (Lipinski definition) is 6. The molecule has 3 rings (SSSR count). The predicted octanol–water partition coefficient (Wildman–Crippen LogP) is 2.44. The molecule has 0 bridgehead atoms. The molecule has 0 amide bonds. The van der Waals surface area contributed by atoms with Gasteiger partial charge in [0.25, 0.3) is 5.56 Å². The first-order valence-electron chi connectivity index (χ1n) is 9.65. The molecule has 0 atom stereocenters. The molecule has 0 saturated carbocycles. The Kier molecular flexibility index (Phi) is 7.48. The molecule has 2 fully saturated rings. The van der Waals surface area contributed by atoms with Gasteiger partial charge in [-0.3, -0.25) is 4.79 Å². The van der Waals surface area contributed by atoms with Gasteiger partial charge in [-0.1, -0.05) is 24.6 Å². The molecule has 2 aliphatic rings. The summed E-state index contributed by atoms with van der Waals surface area (Å²) in [5, 5.41) is 11.5. The molecular weight excluding hydrogens is 366 g/mol. The molecule has 2 aliphatic heterocycles. The molecule has 0 aromatic carbocycles. The first-order valence-corrected chi connectivity index (χ1v) is 11.0. The molecule has 1 aromatic heterocycles. The number of nitrogens with zero attached hydrogens (tertiary/aromatic N) is 5. The quantitative estimate of drug-likeness (QED) is 0.710. The highest BCUT2D eigenvalue weighted by molar-refractivity contribution is 8.22. The minimum Gasteiger partial charge on any atom is -0.268 e. The Labute approximate surface area is 165 Å². The number of thioether (sulfide) groups is 1. The molecule has 0 spiro atoms. The van der Waals surface area contributed by atoms with Crippen molar-refractivity contribution in [1.82, 2.24) is 24.9 Å². The summed E-state index contributed by atoms with van der Waals surface area (Å²) in [7, 11) is 1.69. The third kappa shape index (κ3) is 5.28. The van der Waals surface area contributed by atoms with Crippen LogP contribution in [-0.4, -0.2) is 61.2 Å². The Bertz CT molecular complexity index is 635. The van der Waals surface area contributed by atoms with Crippen LogP contribution in [0.1, 0.15) is 44.2 Å². The summed E-state index contributed by atoms with van der Waals surface area (Å²) in [5.74, 6) is 0.877. The molecule has 0 N–H and O–H groups in total. The first kappa shape index (κ1) is 19.8. The molecule has 3 heterocycles. The minimum atomic E-state index is -0.0710. The summed E-state index contributed by atoms with van der Waals surface area (Å²) in [6.07, 6.45) is 8.45. The van der Waals surface area contributed by atoms with Gasteiger partial charge in [-0.15, -0.1) is 0 Å². The highest BCUT2D eigenvalue weighted by Crippen LogP contribution is 2.23. The van der Waals surface area contributed by atoms with E-state index >= 15 is 0 Å². The number of aryl methyl sites for hydroxylation is 2. The lowest BCUT2D eigenvalue weighted by Crippen LogP contribution is -2.57.